The molecule has 0 aliphatic heterocycles. The van der Waals surface area contributed by atoms with Gasteiger partial charge in [-0.1, -0.05) is 24.3 Å². The molecule has 0 bridgehead atoms. The number of carbonyl (C=O) groups is 1. The average Bonchev–Trinajstić information content (AvgIpc) is 2.45. The molecule has 0 saturated carbocycles. The number of alkyl halides is 3. The number of halogens is 4. The van der Waals surface area contributed by atoms with Crippen LogP contribution < -0.4 is 0 Å². The van der Waals surface area contributed by atoms with Crippen LogP contribution in [-0.2, 0) is 10.9 Å². The number of hydrogen-bond donors (Lipinski definition) is 0. The summed E-state index contributed by atoms with van der Waals surface area (Å²) in [7, 11) is 1.07. The van der Waals surface area contributed by atoms with Crippen LogP contribution in [0.25, 0.3) is 11.1 Å². The van der Waals surface area contributed by atoms with E-state index in [4.69, 9.17) is 0 Å². The highest BCUT2D eigenvalue weighted by Gasteiger charge is 2.31. The topological polar surface area (TPSA) is 26.3 Å². The Morgan fingerprint density at radius 1 is 1.10 bits per heavy atom. The summed E-state index contributed by atoms with van der Waals surface area (Å²) in [6.07, 6.45) is -4.52. The van der Waals surface area contributed by atoms with Gasteiger partial charge in [0.15, 0.2) is 0 Å². The summed E-state index contributed by atoms with van der Waals surface area (Å²) in [4.78, 5) is 11.6. The molecule has 0 spiro atoms. The second-order valence-electron chi connectivity index (χ2n) is 4.23. The summed E-state index contributed by atoms with van der Waals surface area (Å²) in [6, 6.07) is 8.06. The van der Waals surface area contributed by atoms with Crippen molar-refractivity contribution in [2.45, 2.75) is 6.18 Å². The Balaban J connectivity index is 2.63. The molecule has 0 aromatic heterocycles. The Labute approximate surface area is 118 Å². The Hall–Kier alpha value is -2.37. The molecule has 0 N–H and O–H groups in total. The van der Waals surface area contributed by atoms with Gasteiger partial charge in [-0.05, 0) is 29.3 Å². The van der Waals surface area contributed by atoms with Gasteiger partial charge in [-0.25, -0.2) is 9.18 Å². The second-order valence-corrected chi connectivity index (χ2v) is 4.23. The molecule has 21 heavy (non-hydrogen) atoms. The lowest BCUT2D eigenvalue weighted by atomic mass is 9.97. The van der Waals surface area contributed by atoms with Gasteiger partial charge in [0.1, 0.15) is 11.4 Å². The van der Waals surface area contributed by atoms with Gasteiger partial charge in [0.2, 0.25) is 0 Å². The van der Waals surface area contributed by atoms with E-state index in [0.29, 0.717) is 0 Å². The molecule has 6 heteroatoms. The molecule has 0 amide bonds. The zero-order valence-electron chi connectivity index (χ0n) is 10.9. The van der Waals surface area contributed by atoms with Crippen LogP contribution in [0.5, 0.6) is 0 Å². The van der Waals surface area contributed by atoms with Crippen LogP contribution in [-0.4, -0.2) is 13.1 Å². The lowest BCUT2D eigenvalue weighted by molar-refractivity contribution is -0.137. The normalized spacial score (nSPS) is 11.3. The number of carbonyl (C=O) groups excluding carboxylic acids is 1. The van der Waals surface area contributed by atoms with Gasteiger partial charge in [0.25, 0.3) is 0 Å². The van der Waals surface area contributed by atoms with E-state index in [0.717, 1.165) is 25.3 Å². The van der Waals surface area contributed by atoms with Gasteiger partial charge >= 0.3 is 12.1 Å². The van der Waals surface area contributed by atoms with Crippen molar-refractivity contribution in [2.24, 2.45) is 0 Å². The molecule has 0 saturated heterocycles. The van der Waals surface area contributed by atoms with E-state index in [-0.39, 0.29) is 16.7 Å². The fourth-order valence-electron chi connectivity index (χ4n) is 1.94. The zero-order chi connectivity index (χ0) is 15.6. The van der Waals surface area contributed by atoms with Crippen LogP contribution in [0, 0.1) is 5.82 Å². The highest BCUT2D eigenvalue weighted by atomic mass is 19.4. The fourth-order valence-corrected chi connectivity index (χ4v) is 1.94. The van der Waals surface area contributed by atoms with E-state index < -0.39 is 23.5 Å². The van der Waals surface area contributed by atoms with Crippen LogP contribution in [0.2, 0.25) is 0 Å². The maximum absolute atomic E-state index is 13.8. The highest BCUT2D eigenvalue weighted by molar-refractivity contribution is 5.97. The van der Waals surface area contributed by atoms with Gasteiger partial charge in [0, 0.05) is 0 Å². The quantitative estimate of drug-likeness (QED) is 0.610. The van der Waals surface area contributed by atoms with Crippen molar-refractivity contribution >= 4 is 5.97 Å². The lowest BCUT2D eigenvalue weighted by Crippen LogP contribution is -2.08. The van der Waals surface area contributed by atoms with E-state index in [2.05, 4.69) is 4.74 Å². The van der Waals surface area contributed by atoms with Crippen molar-refractivity contribution in [3.63, 3.8) is 0 Å². The van der Waals surface area contributed by atoms with E-state index in [1.807, 2.05) is 0 Å². The summed E-state index contributed by atoms with van der Waals surface area (Å²) < 4.78 is 56.4. The van der Waals surface area contributed by atoms with E-state index >= 15 is 0 Å². The fraction of sp³-hybridized carbons (Fsp3) is 0.133. The summed E-state index contributed by atoms with van der Waals surface area (Å²) in [6.45, 7) is 0. The predicted molar refractivity (Wildman–Crippen MR) is 68.2 cm³/mol. The Bertz CT molecular complexity index is 678. The van der Waals surface area contributed by atoms with Crippen molar-refractivity contribution in [3.8, 4) is 11.1 Å². The third-order valence-corrected chi connectivity index (χ3v) is 2.90. The summed E-state index contributed by atoms with van der Waals surface area (Å²) in [5, 5.41) is 0. The van der Waals surface area contributed by atoms with Crippen LogP contribution in [0.4, 0.5) is 17.6 Å². The molecule has 0 atom stereocenters. The molecule has 0 aliphatic carbocycles. The molecule has 0 fully saturated rings. The van der Waals surface area contributed by atoms with Crippen molar-refractivity contribution in [3.05, 3.63) is 59.4 Å². The summed E-state index contributed by atoms with van der Waals surface area (Å²) in [5.41, 5.74) is -1.13. The van der Waals surface area contributed by atoms with Gasteiger partial charge in [-0.15, -0.1) is 0 Å². The minimum absolute atomic E-state index is 0.0490. The van der Waals surface area contributed by atoms with E-state index in [1.54, 1.807) is 0 Å². The van der Waals surface area contributed by atoms with Gasteiger partial charge < -0.3 is 4.74 Å². The van der Waals surface area contributed by atoms with Crippen LogP contribution in [0.3, 0.4) is 0 Å². The number of benzene rings is 2. The third-order valence-electron chi connectivity index (χ3n) is 2.90. The van der Waals surface area contributed by atoms with Crippen LogP contribution in [0.1, 0.15) is 15.9 Å². The first kappa shape index (κ1) is 15.0. The smallest absolute Gasteiger partial charge is 0.416 e. The average molecular weight is 298 g/mol. The molecular formula is C15H10F4O2. The van der Waals surface area contributed by atoms with Gasteiger partial charge in [-0.2, -0.15) is 13.2 Å². The Morgan fingerprint density at radius 3 is 2.38 bits per heavy atom. The zero-order valence-corrected chi connectivity index (χ0v) is 10.9. The first-order chi connectivity index (χ1) is 9.84. The van der Waals surface area contributed by atoms with Crippen LogP contribution in [0.15, 0.2) is 42.5 Å². The lowest BCUT2D eigenvalue weighted by Gasteiger charge is -2.12. The summed E-state index contributed by atoms with van der Waals surface area (Å²) in [5.74, 6) is -1.79. The van der Waals surface area contributed by atoms with Crippen molar-refractivity contribution in [2.75, 3.05) is 7.11 Å². The maximum atomic E-state index is 13.8. The van der Waals surface area contributed by atoms with Crippen molar-refractivity contribution in [1.82, 2.24) is 0 Å². The largest absolute Gasteiger partial charge is 0.465 e. The summed E-state index contributed by atoms with van der Waals surface area (Å²) >= 11 is 0. The maximum Gasteiger partial charge on any atom is 0.416 e. The first-order valence-corrected chi connectivity index (χ1v) is 5.89. The Morgan fingerprint density at radius 2 is 1.76 bits per heavy atom. The second kappa shape index (κ2) is 5.55. The van der Waals surface area contributed by atoms with Crippen molar-refractivity contribution in [1.29, 1.82) is 0 Å². The first-order valence-electron chi connectivity index (χ1n) is 5.89. The monoisotopic (exact) mass is 298 g/mol. The third kappa shape index (κ3) is 3.04. The minimum atomic E-state index is -4.52. The van der Waals surface area contributed by atoms with Crippen LogP contribution >= 0.6 is 0 Å². The van der Waals surface area contributed by atoms with E-state index in [1.165, 1.54) is 24.3 Å². The highest BCUT2D eigenvalue weighted by Crippen LogP contribution is 2.33. The molecule has 110 valence electrons. The Kier molecular flexibility index (Phi) is 3.97. The molecular weight excluding hydrogens is 288 g/mol. The SMILES string of the molecule is COC(=O)c1c(F)cccc1-c1cccc(C(F)(F)F)c1. The van der Waals surface area contributed by atoms with Gasteiger partial charge in [-0.3, -0.25) is 0 Å². The number of methoxy groups -OCH3 is 1. The molecule has 0 aliphatic rings. The van der Waals surface area contributed by atoms with Gasteiger partial charge in [0.05, 0.1) is 12.7 Å². The van der Waals surface area contributed by atoms with Crippen molar-refractivity contribution < 1.29 is 27.1 Å². The number of hydrogen-bond acceptors (Lipinski definition) is 2. The molecule has 2 rings (SSSR count). The molecule has 2 nitrogen and oxygen atoms in total. The molecule has 2 aromatic carbocycles. The standard InChI is InChI=1S/C15H10F4O2/c1-21-14(20)13-11(6-3-7-12(13)16)9-4-2-5-10(8-9)15(17,18)19/h2-8H,1H3. The number of ether oxygens (including phenoxy) is 1. The predicted octanol–water partition coefficient (Wildman–Crippen LogP) is 4.30. The molecule has 2 aromatic rings. The number of rotatable bonds is 2. The minimum Gasteiger partial charge on any atom is -0.465 e. The molecule has 0 radical (unpaired) electrons. The molecule has 0 unspecified atom stereocenters. The van der Waals surface area contributed by atoms with E-state index in [9.17, 15) is 22.4 Å². The molecule has 0 heterocycles. The number of esters is 1.